The molecule has 3 fully saturated rings. The van der Waals surface area contributed by atoms with Crippen molar-refractivity contribution < 1.29 is 9.47 Å². The van der Waals surface area contributed by atoms with E-state index in [4.69, 9.17) is 9.47 Å². The van der Waals surface area contributed by atoms with Crippen molar-refractivity contribution in [1.82, 2.24) is 10.6 Å². The summed E-state index contributed by atoms with van der Waals surface area (Å²) in [6.45, 7) is 5.68. The van der Waals surface area contributed by atoms with Crippen LogP contribution in [0, 0.1) is 34.5 Å². The monoisotopic (exact) mass is 346 g/mol. The average Bonchev–Trinajstić information content (AvgIpc) is 3.47. The normalized spacial score (nSPS) is 30.4. The molecule has 2 N–H and O–H groups in total. The highest BCUT2D eigenvalue weighted by Gasteiger charge is 2.48. The van der Waals surface area contributed by atoms with Crippen LogP contribution in [0.15, 0.2) is 0 Å². The van der Waals surface area contributed by atoms with Gasteiger partial charge < -0.3 is 20.1 Å². The second-order valence-electron chi connectivity index (χ2n) is 8.21. The first-order valence-electron chi connectivity index (χ1n) is 9.58. The fourth-order valence-electron chi connectivity index (χ4n) is 3.53. The Morgan fingerprint density at radius 2 is 1.28 bits per heavy atom. The molecule has 0 aromatic heterocycles. The third-order valence-electron chi connectivity index (χ3n) is 5.31. The van der Waals surface area contributed by atoms with Gasteiger partial charge >= 0.3 is 0 Å². The van der Waals surface area contributed by atoms with Gasteiger partial charge in [0, 0.05) is 12.1 Å². The molecule has 2 saturated carbocycles. The summed E-state index contributed by atoms with van der Waals surface area (Å²) >= 11 is 0. The van der Waals surface area contributed by atoms with E-state index in [2.05, 4.69) is 22.8 Å². The number of nitrogens with one attached hydrogen (secondary N) is 2. The Bertz CT molecular complexity index is 485. The van der Waals surface area contributed by atoms with Gasteiger partial charge in [-0.05, 0) is 64.5 Å². The molecule has 3 aliphatic rings. The molecule has 0 aromatic rings. The third kappa shape index (κ3) is 5.39. The average molecular weight is 346 g/mol. The van der Waals surface area contributed by atoms with Crippen molar-refractivity contribution in [2.75, 3.05) is 13.1 Å². The molecule has 1 saturated heterocycles. The van der Waals surface area contributed by atoms with Crippen molar-refractivity contribution in [2.45, 2.75) is 82.5 Å². The quantitative estimate of drug-likeness (QED) is 0.629. The van der Waals surface area contributed by atoms with E-state index in [1.54, 1.807) is 0 Å². The van der Waals surface area contributed by atoms with E-state index in [9.17, 15) is 10.5 Å². The predicted octanol–water partition coefficient (Wildman–Crippen LogP) is 2.07. The summed E-state index contributed by atoms with van der Waals surface area (Å²) in [7, 11) is 0. The minimum absolute atomic E-state index is 0.0682. The first-order chi connectivity index (χ1) is 12.0. The number of rotatable bonds is 10. The maximum Gasteiger partial charge on any atom is 0.163 e. The van der Waals surface area contributed by atoms with Crippen molar-refractivity contribution in [2.24, 2.45) is 11.8 Å². The van der Waals surface area contributed by atoms with Crippen LogP contribution in [0.25, 0.3) is 0 Å². The number of nitriles is 2. The van der Waals surface area contributed by atoms with Gasteiger partial charge in [0.05, 0.1) is 25.0 Å². The first-order valence-corrected chi connectivity index (χ1v) is 9.58. The van der Waals surface area contributed by atoms with Crippen molar-refractivity contribution in [3.63, 3.8) is 0 Å². The molecule has 0 amide bonds. The van der Waals surface area contributed by atoms with E-state index in [0.29, 0.717) is 12.8 Å². The Hall–Kier alpha value is -1.18. The summed E-state index contributed by atoms with van der Waals surface area (Å²) < 4.78 is 12.4. The van der Waals surface area contributed by atoms with Crippen LogP contribution in [-0.4, -0.2) is 43.2 Å². The lowest BCUT2D eigenvalue weighted by atomic mass is 9.95. The number of hydrogen-bond donors (Lipinski definition) is 2. The van der Waals surface area contributed by atoms with Crippen LogP contribution in [-0.2, 0) is 9.47 Å². The van der Waals surface area contributed by atoms with Crippen LogP contribution < -0.4 is 10.6 Å². The van der Waals surface area contributed by atoms with Crippen molar-refractivity contribution in [1.29, 1.82) is 10.5 Å². The van der Waals surface area contributed by atoms with Gasteiger partial charge in [-0.1, -0.05) is 0 Å². The maximum absolute atomic E-state index is 9.27. The summed E-state index contributed by atoms with van der Waals surface area (Å²) in [6.07, 6.45) is 5.39. The highest BCUT2D eigenvalue weighted by atomic mass is 16.8. The van der Waals surface area contributed by atoms with Gasteiger partial charge in [-0.2, -0.15) is 10.5 Å². The van der Waals surface area contributed by atoms with Crippen LogP contribution in [0.3, 0.4) is 0 Å². The SMILES string of the molecule is CC1(C)O[C@@H]([C@H](CC#N)NCC2CC2)[C@H]([C@@H](CC#N)NCC2CC2)O1. The molecule has 0 radical (unpaired) electrons. The fourth-order valence-corrected chi connectivity index (χ4v) is 3.53. The Labute approximate surface area is 150 Å². The molecular weight excluding hydrogens is 316 g/mol. The summed E-state index contributed by atoms with van der Waals surface area (Å²) in [5, 5.41) is 25.6. The van der Waals surface area contributed by atoms with Crippen molar-refractivity contribution in [3.8, 4) is 12.1 Å². The highest BCUT2D eigenvalue weighted by Crippen LogP contribution is 2.35. The zero-order valence-corrected chi connectivity index (χ0v) is 15.3. The summed E-state index contributed by atoms with van der Waals surface area (Å²) in [4.78, 5) is 0. The Kier molecular flexibility index (Phi) is 5.96. The third-order valence-corrected chi connectivity index (χ3v) is 5.31. The van der Waals surface area contributed by atoms with E-state index in [0.717, 1.165) is 24.9 Å². The molecule has 25 heavy (non-hydrogen) atoms. The molecule has 6 heteroatoms. The van der Waals surface area contributed by atoms with E-state index < -0.39 is 5.79 Å². The van der Waals surface area contributed by atoms with Gasteiger partial charge in [0.1, 0.15) is 12.2 Å². The summed E-state index contributed by atoms with van der Waals surface area (Å²) in [6, 6.07) is 4.43. The number of nitrogens with zero attached hydrogens (tertiary/aromatic N) is 2. The second-order valence-corrected chi connectivity index (χ2v) is 8.21. The van der Waals surface area contributed by atoms with Crippen LogP contribution in [0.1, 0.15) is 52.4 Å². The van der Waals surface area contributed by atoms with Gasteiger partial charge in [-0.25, -0.2) is 0 Å². The molecule has 1 heterocycles. The molecule has 0 unspecified atom stereocenters. The Balaban J connectivity index is 1.69. The molecule has 0 spiro atoms. The maximum atomic E-state index is 9.27. The minimum atomic E-state index is -0.695. The van der Waals surface area contributed by atoms with E-state index >= 15 is 0 Å². The van der Waals surface area contributed by atoms with Crippen LogP contribution in [0.5, 0.6) is 0 Å². The Morgan fingerprint density at radius 3 is 1.60 bits per heavy atom. The zero-order chi connectivity index (χ0) is 17.9. The first kappa shape index (κ1) is 18.6. The van der Waals surface area contributed by atoms with Crippen LogP contribution >= 0.6 is 0 Å². The summed E-state index contributed by atoms with van der Waals surface area (Å²) in [5.41, 5.74) is 0. The smallest absolute Gasteiger partial charge is 0.163 e. The van der Waals surface area contributed by atoms with E-state index in [1.165, 1.54) is 25.7 Å². The lowest BCUT2D eigenvalue weighted by molar-refractivity contribution is -0.150. The van der Waals surface area contributed by atoms with Crippen molar-refractivity contribution in [3.05, 3.63) is 0 Å². The zero-order valence-electron chi connectivity index (χ0n) is 15.3. The summed E-state index contributed by atoms with van der Waals surface area (Å²) in [5.74, 6) is 0.773. The van der Waals surface area contributed by atoms with Crippen LogP contribution in [0.4, 0.5) is 0 Å². The van der Waals surface area contributed by atoms with Gasteiger partial charge in [-0.15, -0.1) is 0 Å². The fraction of sp³-hybridized carbons (Fsp3) is 0.895. The van der Waals surface area contributed by atoms with E-state index in [-0.39, 0.29) is 24.3 Å². The van der Waals surface area contributed by atoms with Gasteiger partial charge in [0.2, 0.25) is 0 Å². The topological polar surface area (TPSA) is 90.1 Å². The lowest BCUT2D eigenvalue weighted by Crippen LogP contribution is -2.53. The van der Waals surface area contributed by atoms with Gasteiger partial charge in [-0.3, -0.25) is 0 Å². The molecule has 1 aliphatic heterocycles. The Morgan fingerprint density at radius 1 is 0.880 bits per heavy atom. The van der Waals surface area contributed by atoms with Gasteiger partial charge in [0.25, 0.3) is 0 Å². The van der Waals surface area contributed by atoms with Crippen molar-refractivity contribution >= 4 is 0 Å². The molecule has 0 bridgehead atoms. The van der Waals surface area contributed by atoms with Gasteiger partial charge in [0.15, 0.2) is 5.79 Å². The van der Waals surface area contributed by atoms with Crippen LogP contribution in [0.2, 0.25) is 0 Å². The molecule has 0 aromatic carbocycles. The number of ether oxygens (including phenoxy) is 2. The largest absolute Gasteiger partial charge is 0.343 e. The molecule has 2 aliphatic carbocycles. The molecule has 6 nitrogen and oxygen atoms in total. The highest BCUT2D eigenvalue weighted by molar-refractivity contribution is 5.02. The molecule has 3 rings (SSSR count). The predicted molar refractivity (Wildman–Crippen MR) is 93.3 cm³/mol. The molecule has 4 atom stereocenters. The molecule has 138 valence electrons. The minimum Gasteiger partial charge on any atom is -0.343 e. The number of hydrogen-bond acceptors (Lipinski definition) is 6. The van der Waals surface area contributed by atoms with E-state index in [1.807, 2.05) is 13.8 Å². The molecular formula is C19H30N4O2. The standard InChI is InChI=1S/C19H30N4O2/c1-19(2)24-17(15(7-9-20)22-11-13-3-4-13)18(25-19)16(8-10-21)23-12-14-5-6-14/h13-18,22-23H,3-8,11-12H2,1-2H3/t15-,16+,17-,18-/m0/s1. The lowest BCUT2D eigenvalue weighted by Gasteiger charge is -2.30. The second kappa shape index (κ2) is 8.01.